The van der Waals surface area contributed by atoms with Crippen LogP contribution in [-0.2, 0) is 17.1 Å². The lowest BCUT2D eigenvalue weighted by Gasteiger charge is -2.01. The molecule has 7 nitrogen and oxygen atoms in total. The van der Waals surface area contributed by atoms with Crippen molar-refractivity contribution in [3.8, 4) is 0 Å². The molecule has 0 aliphatic heterocycles. The SMILES string of the molecule is Cc1ccc(C(=O)Nc2nn(C)cc2S(N)(=O)=O)s1. The zero-order valence-electron chi connectivity index (χ0n) is 10.2. The molecule has 102 valence electrons. The molecule has 0 radical (unpaired) electrons. The average molecular weight is 300 g/mol. The van der Waals surface area contributed by atoms with Crippen LogP contribution in [0.5, 0.6) is 0 Å². The molecule has 9 heteroatoms. The Morgan fingerprint density at radius 2 is 2.16 bits per heavy atom. The highest BCUT2D eigenvalue weighted by molar-refractivity contribution is 7.89. The normalized spacial score (nSPS) is 11.5. The number of thiophene rings is 1. The van der Waals surface area contributed by atoms with Crippen LogP contribution in [-0.4, -0.2) is 24.1 Å². The molecule has 19 heavy (non-hydrogen) atoms. The molecular formula is C10H12N4O3S2. The second kappa shape index (κ2) is 4.76. The van der Waals surface area contributed by atoms with E-state index in [2.05, 4.69) is 10.4 Å². The summed E-state index contributed by atoms with van der Waals surface area (Å²) in [6, 6.07) is 3.47. The highest BCUT2D eigenvalue weighted by Crippen LogP contribution is 2.20. The third-order valence-corrected chi connectivity index (χ3v) is 4.21. The van der Waals surface area contributed by atoms with E-state index in [0.717, 1.165) is 4.88 Å². The van der Waals surface area contributed by atoms with Gasteiger partial charge in [0, 0.05) is 18.1 Å². The largest absolute Gasteiger partial charge is 0.303 e. The summed E-state index contributed by atoms with van der Waals surface area (Å²) < 4.78 is 24.0. The van der Waals surface area contributed by atoms with Crippen molar-refractivity contribution in [3.05, 3.63) is 28.1 Å². The number of hydrogen-bond acceptors (Lipinski definition) is 5. The Balaban J connectivity index is 2.32. The maximum atomic E-state index is 11.9. The third kappa shape index (κ3) is 3.00. The standard InChI is InChI=1S/C10H12N4O3S2/c1-6-3-4-7(18-6)10(15)12-9-8(19(11,16)17)5-14(2)13-9/h3-5H,1-2H3,(H2,11,16,17)(H,12,13,15). The van der Waals surface area contributed by atoms with E-state index in [0.29, 0.717) is 4.88 Å². The van der Waals surface area contributed by atoms with Crippen molar-refractivity contribution in [2.75, 3.05) is 5.32 Å². The highest BCUT2D eigenvalue weighted by atomic mass is 32.2. The van der Waals surface area contributed by atoms with E-state index in [1.165, 1.54) is 22.2 Å². The first kappa shape index (κ1) is 13.7. The molecule has 0 fully saturated rings. The number of sulfonamides is 1. The second-order valence-electron chi connectivity index (χ2n) is 3.93. The van der Waals surface area contributed by atoms with Crippen LogP contribution in [0.25, 0.3) is 0 Å². The highest BCUT2D eigenvalue weighted by Gasteiger charge is 2.20. The van der Waals surface area contributed by atoms with E-state index < -0.39 is 15.9 Å². The summed E-state index contributed by atoms with van der Waals surface area (Å²) in [6.45, 7) is 1.87. The van der Waals surface area contributed by atoms with Crippen LogP contribution in [0.2, 0.25) is 0 Å². The first-order valence-electron chi connectivity index (χ1n) is 5.21. The Bertz CT molecular complexity index is 730. The van der Waals surface area contributed by atoms with Gasteiger partial charge in [0.15, 0.2) is 5.82 Å². The fourth-order valence-electron chi connectivity index (χ4n) is 1.49. The Morgan fingerprint density at radius 1 is 1.47 bits per heavy atom. The molecule has 2 aromatic heterocycles. The molecule has 0 spiro atoms. The topological polar surface area (TPSA) is 107 Å². The Morgan fingerprint density at radius 3 is 2.68 bits per heavy atom. The van der Waals surface area contributed by atoms with Gasteiger partial charge in [-0.1, -0.05) is 0 Å². The minimum Gasteiger partial charge on any atom is -0.303 e. The molecule has 1 amide bonds. The lowest BCUT2D eigenvalue weighted by Crippen LogP contribution is -2.17. The molecule has 2 rings (SSSR count). The summed E-state index contributed by atoms with van der Waals surface area (Å²) in [5.41, 5.74) is 0. The number of nitrogens with zero attached hydrogens (tertiary/aromatic N) is 2. The molecule has 3 N–H and O–H groups in total. The van der Waals surface area contributed by atoms with Gasteiger partial charge in [0.05, 0.1) is 4.88 Å². The first-order chi connectivity index (χ1) is 8.77. The molecule has 0 bridgehead atoms. The van der Waals surface area contributed by atoms with Gasteiger partial charge in [-0.25, -0.2) is 13.6 Å². The summed E-state index contributed by atoms with van der Waals surface area (Å²) in [4.78, 5) is 13.2. The molecule has 0 aromatic carbocycles. The van der Waals surface area contributed by atoms with Gasteiger partial charge in [-0.15, -0.1) is 11.3 Å². The van der Waals surface area contributed by atoms with Crippen molar-refractivity contribution in [1.82, 2.24) is 9.78 Å². The van der Waals surface area contributed by atoms with Crippen molar-refractivity contribution >= 4 is 33.1 Å². The lowest BCUT2D eigenvalue weighted by atomic mass is 10.4. The van der Waals surface area contributed by atoms with Crippen LogP contribution in [0.15, 0.2) is 23.2 Å². The molecule has 0 unspecified atom stereocenters. The molecule has 0 saturated heterocycles. The zero-order chi connectivity index (χ0) is 14.2. The predicted molar refractivity (Wildman–Crippen MR) is 71.6 cm³/mol. The van der Waals surface area contributed by atoms with Gasteiger partial charge in [0.2, 0.25) is 10.0 Å². The van der Waals surface area contributed by atoms with Crippen LogP contribution >= 0.6 is 11.3 Å². The fraction of sp³-hybridized carbons (Fsp3) is 0.200. The van der Waals surface area contributed by atoms with Gasteiger partial charge in [0.1, 0.15) is 4.90 Å². The molecule has 2 aromatic rings. The number of nitrogens with one attached hydrogen (secondary N) is 1. The minimum absolute atomic E-state index is 0.0685. The van der Waals surface area contributed by atoms with E-state index >= 15 is 0 Å². The lowest BCUT2D eigenvalue weighted by molar-refractivity contribution is 0.103. The zero-order valence-corrected chi connectivity index (χ0v) is 11.9. The maximum absolute atomic E-state index is 11.9. The van der Waals surface area contributed by atoms with Crippen LogP contribution in [0.1, 0.15) is 14.5 Å². The Hall–Kier alpha value is -1.71. The molecule has 0 saturated carbocycles. The summed E-state index contributed by atoms with van der Waals surface area (Å²) in [5, 5.41) is 11.4. The van der Waals surface area contributed by atoms with E-state index in [4.69, 9.17) is 5.14 Å². The van der Waals surface area contributed by atoms with E-state index in [1.807, 2.05) is 6.92 Å². The third-order valence-electron chi connectivity index (χ3n) is 2.30. The van der Waals surface area contributed by atoms with E-state index in [9.17, 15) is 13.2 Å². The number of hydrogen-bond donors (Lipinski definition) is 2. The number of nitrogens with two attached hydrogens (primary N) is 1. The summed E-state index contributed by atoms with van der Waals surface area (Å²) >= 11 is 1.31. The monoisotopic (exact) mass is 300 g/mol. The summed E-state index contributed by atoms with van der Waals surface area (Å²) in [7, 11) is -2.39. The average Bonchev–Trinajstić information content (AvgIpc) is 2.84. The second-order valence-corrected chi connectivity index (χ2v) is 6.74. The Kier molecular flexibility index (Phi) is 3.43. The van der Waals surface area contributed by atoms with Gasteiger partial charge in [-0.3, -0.25) is 9.48 Å². The molecular weight excluding hydrogens is 288 g/mol. The predicted octanol–water partition coefficient (Wildman–Crippen LogP) is 0.690. The van der Waals surface area contributed by atoms with Gasteiger partial charge in [-0.2, -0.15) is 5.10 Å². The minimum atomic E-state index is -3.93. The fourth-order valence-corrected chi connectivity index (χ4v) is 2.91. The maximum Gasteiger partial charge on any atom is 0.266 e. The molecule has 2 heterocycles. The summed E-state index contributed by atoms with van der Waals surface area (Å²) in [5.74, 6) is -0.484. The van der Waals surface area contributed by atoms with Crippen molar-refractivity contribution in [3.63, 3.8) is 0 Å². The summed E-state index contributed by atoms with van der Waals surface area (Å²) in [6.07, 6.45) is 1.24. The number of carbonyl (C=O) groups is 1. The number of amides is 1. The molecule has 0 atom stereocenters. The molecule has 0 aliphatic rings. The number of rotatable bonds is 3. The molecule has 0 aliphatic carbocycles. The van der Waals surface area contributed by atoms with Gasteiger partial charge in [-0.05, 0) is 19.1 Å². The number of anilines is 1. The number of aryl methyl sites for hydroxylation is 2. The number of carbonyl (C=O) groups excluding carboxylic acids is 1. The van der Waals surface area contributed by atoms with Crippen LogP contribution in [0.4, 0.5) is 5.82 Å². The quantitative estimate of drug-likeness (QED) is 0.869. The van der Waals surface area contributed by atoms with Crippen molar-refractivity contribution < 1.29 is 13.2 Å². The van der Waals surface area contributed by atoms with Crippen molar-refractivity contribution in [2.24, 2.45) is 12.2 Å². The van der Waals surface area contributed by atoms with E-state index in [-0.39, 0.29) is 10.7 Å². The van der Waals surface area contributed by atoms with Crippen LogP contribution < -0.4 is 10.5 Å². The van der Waals surface area contributed by atoms with Gasteiger partial charge in [0.25, 0.3) is 5.91 Å². The van der Waals surface area contributed by atoms with Gasteiger partial charge < -0.3 is 5.32 Å². The van der Waals surface area contributed by atoms with Crippen LogP contribution in [0.3, 0.4) is 0 Å². The van der Waals surface area contributed by atoms with Gasteiger partial charge >= 0.3 is 0 Å². The number of primary sulfonamides is 1. The smallest absolute Gasteiger partial charge is 0.266 e. The van der Waals surface area contributed by atoms with Crippen molar-refractivity contribution in [2.45, 2.75) is 11.8 Å². The first-order valence-corrected chi connectivity index (χ1v) is 7.58. The van der Waals surface area contributed by atoms with Crippen LogP contribution in [0, 0.1) is 6.92 Å². The Labute approximate surface area is 114 Å². The number of aromatic nitrogens is 2. The van der Waals surface area contributed by atoms with E-state index in [1.54, 1.807) is 19.2 Å². The van der Waals surface area contributed by atoms with Crippen molar-refractivity contribution in [1.29, 1.82) is 0 Å².